The number of esters is 1. The van der Waals surface area contributed by atoms with Crippen LogP contribution in [0.15, 0.2) is 48.2 Å². The van der Waals surface area contributed by atoms with Crippen molar-refractivity contribution in [2.45, 2.75) is 13.0 Å². The van der Waals surface area contributed by atoms with Crippen LogP contribution in [-0.4, -0.2) is 33.1 Å². The van der Waals surface area contributed by atoms with E-state index >= 15 is 0 Å². The monoisotopic (exact) mass is 321 g/mol. The van der Waals surface area contributed by atoms with E-state index in [2.05, 4.69) is 27.7 Å². The Kier molecular flexibility index (Phi) is 4.20. The van der Waals surface area contributed by atoms with E-state index in [4.69, 9.17) is 10.00 Å². The SMILES string of the molecule is C=CCOC(=O)C1C(C)=Nc2ncnn2C1c1ccc(C#N)cc1. The van der Waals surface area contributed by atoms with E-state index in [1.54, 1.807) is 35.9 Å². The first-order valence-electron chi connectivity index (χ1n) is 7.38. The minimum Gasteiger partial charge on any atom is -0.461 e. The molecule has 24 heavy (non-hydrogen) atoms. The standard InChI is InChI=1S/C17H15N5O2/c1-3-8-24-16(23)14-11(2)21-17-19-10-20-22(17)15(14)13-6-4-12(9-18)5-7-13/h3-7,10,14-15H,1,8H2,2H3. The second kappa shape index (κ2) is 6.46. The van der Waals surface area contributed by atoms with Crippen molar-refractivity contribution in [1.29, 1.82) is 5.26 Å². The van der Waals surface area contributed by atoms with Gasteiger partial charge in [-0.25, -0.2) is 9.67 Å². The quantitative estimate of drug-likeness (QED) is 0.635. The number of aromatic nitrogens is 3. The predicted molar refractivity (Wildman–Crippen MR) is 86.7 cm³/mol. The number of carbonyl (C=O) groups is 1. The number of fused-ring (bicyclic) bond motifs is 1. The number of nitrogens with zero attached hydrogens (tertiary/aromatic N) is 5. The molecule has 7 nitrogen and oxygen atoms in total. The Morgan fingerprint density at radius 3 is 2.88 bits per heavy atom. The summed E-state index contributed by atoms with van der Waals surface area (Å²) in [6.45, 7) is 5.46. The molecule has 1 aliphatic heterocycles. The molecule has 0 N–H and O–H groups in total. The highest BCUT2D eigenvalue weighted by Gasteiger charge is 2.39. The number of hydrogen-bond acceptors (Lipinski definition) is 6. The lowest BCUT2D eigenvalue weighted by atomic mass is 9.88. The van der Waals surface area contributed by atoms with E-state index in [1.807, 2.05) is 0 Å². The molecule has 2 atom stereocenters. The third-order valence-corrected chi connectivity index (χ3v) is 3.84. The van der Waals surface area contributed by atoms with E-state index in [0.29, 0.717) is 17.2 Å². The summed E-state index contributed by atoms with van der Waals surface area (Å²) >= 11 is 0. The second-order valence-corrected chi connectivity index (χ2v) is 5.33. The van der Waals surface area contributed by atoms with Crippen LogP contribution in [0.4, 0.5) is 5.95 Å². The van der Waals surface area contributed by atoms with Crippen molar-refractivity contribution >= 4 is 17.6 Å². The highest BCUT2D eigenvalue weighted by molar-refractivity contribution is 6.03. The van der Waals surface area contributed by atoms with Crippen LogP contribution in [0.1, 0.15) is 24.1 Å². The van der Waals surface area contributed by atoms with Crippen molar-refractivity contribution in [1.82, 2.24) is 14.8 Å². The van der Waals surface area contributed by atoms with Gasteiger partial charge in [0.05, 0.1) is 17.7 Å². The average Bonchev–Trinajstić information content (AvgIpc) is 3.06. The maximum absolute atomic E-state index is 12.5. The summed E-state index contributed by atoms with van der Waals surface area (Å²) in [4.78, 5) is 21.0. The van der Waals surface area contributed by atoms with Gasteiger partial charge >= 0.3 is 5.97 Å². The summed E-state index contributed by atoms with van der Waals surface area (Å²) in [5.74, 6) is -0.576. The Hall–Kier alpha value is -3.27. The number of hydrogen-bond donors (Lipinski definition) is 0. The van der Waals surface area contributed by atoms with E-state index in [1.165, 1.54) is 12.4 Å². The Morgan fingerprint density at radius 1 is 1.46 bits per heavy atom. The zero-order chi connectivity index (χ0) is 17.1. The number of rotatable bonds is 4. The van der Waals surface area contributed by atoms with Crippen LogP contribution in [0, 0.1) is 17.2 Å². The van der Waals surface area contributed by atoms with Gasteiger partial charge in [-0.05, 0) is 24.6 Å². The number of carbonyl (C=O) groups excluding carboxylic acids is 1. The van der Waals surface area contributed by atoms with Gasteiger partial charge in [0.1, 0.15) is 18.9 Å². The van der Waals surface area contributed by atoms with Gasteiger partial charge in [0.25, 0.3) is 0 Å². The van der Waals surface area contributed by atoms with E-state index < -0.39 is 17.9 Å². The molecule has 2 unspecified atom stereocenters. The maximum atomic E-state index is 12.5. The fourth-order valence-corrected chi connectivity index (χ4v) is 2.74. The topological polar surface area (TPSA) is 93.2 Å². The van der Waals surface area contributed by atoms with Crippen molar-refractivity contribution < 1.29 is 9.53 Å². The Balaban J connectivity index is 2.06. The molecule has 0 bridgehead atoms. The predicted octanol–water partition coefficient (Wildman–Crippen LogP) is 2.19. The molecule has 0 amide bonds. The largest absolute Gasteiger partial charge is 0.461 e. The molecule has 0 aliphatic carbocycles. The molecule has 2 aromatic rings. The van der Waals surface area contributed by atoms with Gasteiger partial charge in [-0.1, -0.05) is 24.8 Å². The van der Waals surface area contributed by atoms with Crippen molar-refractivity contribution in [2.75, 3.05) is 6.61 Å². The smallest absolute Gasteiger partial charge is 0.317 e. The van der Waals surface area contributed by atoms with E-state index in [0.717, 1.165) is 5.56 Å². The Labute approximate surface area is 138 Å². The van der Waals surface area contributed by atoms with Crippen molar-refractivity contribution in [3.05, 3.63) is 54.4 Å². The molecule has 1 aliphatic rings. The molecule has 3 rings (SSSR count). The first-order chi connectivity index (χ1) is 11.7. The molecule has 0 saturated carbocycles. The normalized spacial score (nSPS) is 18.9. The number of ether oxygens (including phenoxy) is 1. The average molecular weight is 321 g/mol. The van der Waals surface area contributed by atoms with Crippen LogP contribution in [0.3, 0.4) is 0 Å². The lowest BCUT2D eigenvalue weighted by Crippen LogP contribution is -2.37. The summed E-state index contributed by atoms with van der Waals surface area (Å²) in [6, 6.07) is 8.68. The lowest BCUT2D eigenvalue weighted by Gasteiger charge is -2.29. The Bertz CT molecular complexity index is 845. The van der Waals surface area contributed by atoms with Crippen LogP contribution in [-0.2, 0) is 9.53 Å². The van der Waals surface area contributed by atoms with Crippen LogP contribution in [0.2, 0.25) is 0 Å². The fraction of sp³-hybridized carbons (Fsp3) is 0.235. The molecular weight excluding hydrogens is 306 g/mol. The van der Waals surface area contributed by atoms with Crippen LogP contribution in [0.25, 0.3) is 0 Å². The van der Waals surface area contributed by atoms with Crippen LogP contribution in [0.5, 0.6) is 0 Å². The zero-order valence-corrected chi connectivity index (χ0v) is 13.1. The first kappa shape index (κ1) is 15.6. The van der Waals surface area contributed by atoms with Crippen molar-refractivity contribution in [2.24, 2.45) is 10.9 Å². The number of nitriles is 1. The Morgan fingerprint density at radius 2 is 2.21 bits per heavy atom. The van der Waals surface area contributed by atoms with Gasteiger partial charge in [-0.15, -0.1) is 0 Å². The lowest BCUT2D eigenvalue weighted by molar-refractivity contribution is -0.145. The highest BCUT2D eigenvalue weighted by Crippen LogP contribution is 2.35. The molecule has 1 aromatic heterocycles. The molecule has 120 valence electrons. The minimum atomic E-state index is -0.618. The van der Waals surface area contributed by atoms with Gasteiger partial charge < -0.3 is 4.74 Å². The fourth-order valence-electron chi connectivity index (χ4n) is 2.74. The van der Waals surface area contributed by atoms with Gasteiger partial charge in [0.2, 0.25) is 5.95 Å². The molecule has 7 heteroatoms. The second-order valence-electron chi connectivity index (χ2n) is 5.33. The van der Waals surface area contributed by atoms with Gasteiger partial charge in [0.15, 0.2) is 0 Å². The summed E-state index contributed by atoms with van der Waals surface area (Å²) in [5.41, 5.74) is 1.99. The number of benzene rings is 1. The summed E-state index contributed by atoms with van der Waals surface area (Å²) in [7, 11) is 0. The summed E-state index contributed by atoms with van der Waals surface area (Å²) in [5, 5.41) is 13.2. The molecule has 1 aromatic carbocycles. The molecule has 0 spiro atoms. The minimum absolute atomic E-state index is 0.132. The van der Waals surface area contributed by atoms with Crippen LogP contribution < -0.4 is 0 Å². The first-order valence-corrected chi connectivity index (χ1v) is 7.38. The van der Waals surface area contributed by atoms with E-state index in [9.17, 15) is 4.79 Å². The van der Waals surface area contributed by atoms with Crippen molar-refractivity contribution in [3.63, 3.8) is 0 Å². The molecule has 2 heterocycles. The molecule has 0 radical (unpaired) electrons. The van der Waals surface area contributed by atoms with Gasteiger partial charge in [0, 0.05) is 5.71 Å². The van der Waals surface area contributed by atoms with E-state index in [-0.39, 0.29) is 6.61 Å². The molecular formula is C17H15N5O2. The van der Waals surface area contributed by atoms with Crippen LogP contribution >= 0.6 is 0 Å². The summed E-state index contributed by atoms with van der Waals surface area (Å²) in [6.07, 6.45) is 2.92. The van der Waals surface area contributed by atoms with Gasteiger partial charge in [-0.3, -0.25) is 4.79 Å². The number of aliphatic imine (C=N–C) groups is 1. The molecule has 0 saturated heterocycles. The molecule has 0 fully saturated rings. The summed E-state index contributed by atoms with van der Waals surface area (Å²) < 4.78 is 6.84. The van der Waals surface area contributed by atoms with Gasteiger partial charge in [-0.2, -0.15) is 15.3 Å². The van der Waals surface area contributed by atoms with Crippen molar-refractivity contribution in [3.8, 4) is 6.07 Å². The zero-order valence-electron chi connectivity index (χ0n) is 13.1. The highest BCUT2D eigenvalue weighted by atomic mass is 16.5. The third kappa shape index (κ3) is 2.70. The third-order valence-electron chi connectivity index (χ3n) is 3.84. The maximum Gasteiger partial charge on any atom is 0.317 e.